The number of hydrogen-bond acceptors (Lipinski definition) is 7. The average Bonchev–Trinajstić information content (AvgIpc) is 2.61. The van der Waals surface area contributed by atoms with Gasteiger partial charge in [-0.1, -0.05) is 0 Å². The van der Waals surface area contributed by atoms with Crippen molar-refractivity contribution in [2.45, 2.75) is 0 Å². The van der Waals surface area contributed by atoms with Crippen molar-refractivity contribution in [1.29, 1.82) is 0 Å². The quantitative estimate of drug-likeness (QED) is 0.622. The zero-order valence-electron chi connectivity index (χ0n) is 13.0. The lowest BCUT2D eigenvalue weighted by Crippen LogP contribution is -2.13. The third-order valence-electron chi connectivity index (χ3n) is 2.95. The summed E-state index contributed by atoms with van der Waals surface area (Å²) >= 11 is 5.00. The first-order valence-electron chi connectivity index (χ1n) is 6.80. The molecule has 2 aromatic carbocycles. The van der Waals surface area contributed by atoms with Gasteiger partial charge in [0.1, 0.15) is 11.5 Å². The maximum absolute atomic E-state index is 11.3. The molecule has 0 N–H and O–H groups in total. The van der Waals surface area contributed by atoms with Crippen molar-refractivity contribution in [3.8, 4) is 11.5 Å². The molecule has 0 aromatic heterocycles. The second kappa shape index (κ2) is 8.07. The number of benzene rings is 2. The van der Waals surface area contributed by atoms with E-state index in [1.54, 1.807) is 48.5 Å². The monoisotopic (exact) mass is 346 g/mol. The number of hydrogen-bond donors (Lipinski definition) is 0. The van der Waals surface area contributed by atoms with Crippen LogP contribution in [0.15, 0.2) is 48.5 Å². The van der Waals surface area contributed by atoms with E-state index in [1.165, 1.54) is 14.2 Å². The van der Waals surface area contributed by atoms with Crippen LogP contribution in [-0.4, -0.2) is 31.4 Å². The molecule has 6 nitrogen and oxygen atoms in total. The largest absolute Gasteiger partial charge is 0.465 e. The van der Waals surface area contributed by atoms with Gasteiger partial charge in [0.2, 0.25) is 0 Å². The second-order valence-corrected chi connectivity index (χ2v) is 4.82. The van der Waals surface area contributed by atoms with Gasteiger partial charge in [-0.2, -0.15) is 0 Å². The zero-order valence-corrected chi connectivity index (χ0v) is 13.8. The molecule has 0 saturated heterocycles. The summed E-state index contributed by atoms with van der Waals surface area (Å²) in [4.78, 5) is 22.7. The highest BCUT2D eigenvalue weighted by atomic mass is 32.1. The van der Waals surface area contributed by atoms with E-state index in [0.717, 1.165) is 0 Å². The Morgan fingerprint density at radius 1 is 0.708 bits per heavy atom. The molecule has 7 heteroatoms. The minimum absolute atomic E-state index is 0.119. The zero-order chi connectivity index (χ0) is 17.5. The number of rotatable bonds is 4. The van der Waals surface area contributed by atoms with Gasteiger partial charge in [0.05, 0.1) is 25.3 Å². The molecule has 0 spiro atoms. The molecule has 0 heterocycles. The number of thiocarbonyl (C=S) groups is 1. The van der Waals surface area contributed by atoms with Crippen LogP contribution in [0, 0.1) is 0 Å². The van der Waals surface area contributed by atoms with Crippen molar-refractivity contribution in [3.05, 3.63) is 59.7 Å². The van der Waals surface area contributed by atoms with Gasteiger partial charge in [0.25, 0.3) is 0 Å². The molecule has 0 aliphatic heterocycles. The summed E-state index contributed by atoms with van der Waals surface area (Å²) in [5.41, 5.74) is 0.796. The first-order valence-corrected chi connectivity index (χ1v) is 7.20. The van der Waals surface area contributed by atoms with E-state index in [9.17, 15) is 9.59 Å². The Morgan fingerprint density at radius 2 is 1.04 bits per heavy atom. The van der Waals surface area contributed by atoms with Gasteiger partial charge in [-0.15, -0.1) is 0 Å². The molecular weight excluding hydrogens is 332 g/mol. The van der Waals surface area contributed by atoms with E-state index in [0.29, 0.717) is 22.6 Å². The number of carbonyl (C=O) groups excluding carboxylic acids is 2. The van der Waals surface area contributed by atoms with E-state index in [1.807, 2.05) is 0 Å². The molecule has 0 saturated carbocycles. The molecule has 0 radical (unpaired) electrons. The SMILES string of the molecule is COC(=O)c1ccc(OC(=S)Oc2ccc(C(=O)OC)cc2)cc1. The lowest BCUT2D eigenvalue weighted by molar-refractivity contribution is 0.0592. The van der Waals surface area contributed by atoms with Crippen LogP contribution in [0.2, 0.25) is 0 Å². The Bertz CT molecular complexity index is 673. The lowest BCUT2D eigenvalue weighted by atomic mass is 10.2. The molecule has 24 heavy (non-hydrogen) atoms. The van der Waals surface area contributed by atoms with Crippen LogP contribution in [0.3, 0.4) is 0 Å². The van der Waals surface area contributed by atoms with E-state index >= 15 is 0 Å². The van der Waals surface area contributed by atoms with Gasteiger partial charge in [-0.25, -0.2) is 9.59 Å². The van der Waals surface area contributed by atoms with Crippen molar-refractivity contribution in [2.75, 3.05) is 14.2 Å². The number of methoxy groups -OCH3 is 2. The smallest absolute Gasteiger partial charge is 0.363 e. The average molecular weight is 346 g/mol. The van der Waals surface area contributed by atoms with Crippen LogP contribution in [0.25, 0.3) is 0 Å². The van der Waals surface area contributed by atoms with Gasteiger partial charge in [0, 0.05) is 12.2 Å². The highest BCUT2D eigenvalue weighted by molar-refractivity contribution is 7.79. The third-order valence-corrected chi connectivity index (χ3v) is 3.12. The van der Waals surface area contributed by atoms with Crippen LogP contribution < -0.4 is 9.47 Å². The highest BCUT2D eigenvalue weighted by Crippen LogP contribution is 2.17. The number of esters is 2. The molecule has 0 amide bonds. The van der Waals surface area contributed by atoms with Crippen LogP contribution >= 0.6 is 12.2 Å². The maximum Gasteiger partial charge on any atom is 0.363 e. The molecule has 0 atom stereocenters. The minimum atomic E-state index is -0.439. The number of ether oxygens (including phenoxy) is 4. The summed E-state index contributed by atoms with van der Waals surface area (Å²) in [5, 5.41) is -0.119. The molecule has 2 aromatic rings. The number of carbonyl (C=O) groups is 2. The summed E-state index contributed by atoms with van der Waals surface area (Å²) in [6.07, 6.45) is 0. The Morgan fingerprint density at radius 3 is 1.33 bits per heavy atom. The fourth-order valence-electron chi connectivity index (χ4n) is 1.77. The lowest BCUT2D eigenvalue weighted by Gasteiger charge is -2.09. The summed E-state index contributed by atoms with van der Waals surface area (Å²) in [6.45, 7) is 0. The van der Waals surface area contributed by atoms with Crippen molar-refractivity contribution in [1.82, 2.24) is 0 Å². The Labute approximate surface area is 143 Å². The fraction of sp³-hybridized carbons (Fsp3) is 0.118. The maximum atomic E-state index is 11.3. The predicted molar refractivity (Wildman–Crippen MR) is 89.4 cm³/mol. The summed E-state index contributed by atoms with van der Waals surface area (Å²) in [6, 6.07) is 12.5. The molecule has 124 valence electrons. The van der Waals surface area contributed by atoms with Gasteiger partial charge in [0.15, 0.2) is 0 Å². The highest BCUT2D eigenvalue weighted by Gasteiger charge is 2.09. The van der Waals surface area contributed by atoms with Crippen molar-refractivity contribution >= 4 is 29.4 Å². The van der Waals surface area contributed by atoms with Crippen LogP contribution in [0.4, 0.5) is 0 Å². The van der Waals surface area contributed by atoms with Crippen LogP contribution in [0.5, 0.6) is 11.5 Å². The minimum Gasteiger partial charge on any atom is -0.465 e. The van der Waals surface area contributed by atoms with Crippen LogP contribution in [0.1, 0.15) is 20.7 Å². The first-order chi connectivity index (χ1) is 11.5. The van der Waals surface area contributed by atoms with E-state index in [2.05, 4.69) is 9.47 Å². The van der Waals surface area contributed by atoms with Gasteiger partial charge in [-0.3, -0.25) is 0 Å². The van der Waals surface area contributed by atoms with E-state index in [-0.39, 0.29) is 5.24 Å². The van der Waals surface area contributed by atoms with Crippen molar-refractivity contribution in [3.63, 3.8) is 0 Å². The van der Waals surface area contributed by atoms with Crippen molar-refractivity contribution < 1.29 is 28.5 Å². The second-order valence-electron chi connectivity index (χ2n) is 4.49. The Hall–Kier alpha value is -2.93. The summed E-state index contributed by atoms with van der Waals surface area (Å²) < 4.78 is 19.9. The topological polar surface area (TPSA) is 71.1 Å². The molecule has 0 bridgehead atoms. The normalized spacial score (nSPS) is 9.75. The van der Waals surface area contributed by atoms with Gasteiger partial charge >= 0.3 is 17.2 Å². The van der Waals surface area contributed by atoms with E-state index < -0.39 is 11.9 Å². The molecular formula is C17H14O6S. The predicted octanol–water partition coefficient (Wildman–Crippen LogP) is 3.00. The molecule has 0 fully saturated rings. The van der Waals surface area contributed by atoms with Gasteiger partial charge < -0.3 is 18.9 Å². The molecule has 0 unspecified atom stereocenters. The fourth-order valence-corrected chi connectivity index (χ4v) is 1.96. The standard InChI is InChI=1S/C17H14O6S/c1-20-15(18)11-3-7-13(8-4-11)22-17(24)23-14-9-5-12(6-10-14)16(19)21-2/h3-10H,1-2H3. The summed E-state index contributed by atoms with van der Waals surface area (Å²) in [7, 11) is 2.61. The van der Waals surface area contributed by atoms with Crippen molar-refractivity contribution in [2.24, 2.45) is 0 Å². The molecule has 0 aliphatic carbocycles. The first kappa shape index (κ1) is 17.4. The molecule has 2 rings (SSSR count). The summed E-state index contributed by atoms with van der Waals surface area (Å²) in [5.74, 6) is -0.0465. The van der Waals surface area contributed by atoms with Crippen LogP contribution in [-0.2, 0) is 9.47 Å². The van der Waals surface area contributed by atoms with E-state index in [4.69, 9.17) is 21.7 Å². The van der Waals surface area contributed by atoms with Gasteiger partial charge in [-0.05, 0) is 48.5 Å². The third kappa shape index (κ3) is 4.53. The Kier molecular flexibility index (Phi) is 5.86. The molecule has 0 aliphatic rings. The Balaban J connectivity index is 1.95.